The van der Waals surface area contributed by atoms with Crippen molar-refractivity contribution in [2.24, 2.45) is 11.7 Å². The topological polar surface area (TPSA) is 81.4 Å². The standard InChI is InChI=1S/C14H20N2O3/c1-3-10(9-15)8-13(17)16-12-7-5-4-6-11(12)14(18)19-2/h4-7,10H,3,8-9,15H2,1-2H3,(H,16,17). The largest absolute Gasteiger partial charge is 0.465 e. The summed E-state index contributed by atoms with van der Waals surface area (Å²) >= 11 is 0. The number of hydrogen-bond donors (Lipinski definition) is 2. The number of hydrogen-bond acceptors (Lipinski definition) is 4. The van der Waals surface area contributed by atoms with Crippen LogP contribution in [0.3, 0.4) is 0 Å². The van der Waals surface area contributed by atoms with Crippen molar-refractivity contribution >= 4 is 17.6 Å². The molecule has 1 amide bonds. The van der Waals surface area contributed by atoms with Crippen LogP contribution in [0.1, 0.15) is 30.1 Å². The van der Waals surface area contributed by atoms with Gasteiger partial charge in [0.15, 0.2) is 0 Å². The number of amides is 1. The van der Waals surface area contributed by atoms with E-state index in [9.17, 15) is 9.59 Å². The van der Waals surface area contributed by atoms with Gasteiger partial charge in [-0.05, 0) is 24.6 Å². The molecule has 0 radical (unpaired) electrons. The molecule has 0 aromatic heterocycles. The maximum atomic E-state index is 11.9. The molecule has 0 spiro atoms. The number of nitrogens with one attached hydrogen (secondary N) is 1. The highest BCUT2D eigenvalue weighted by atomic mass is 16.5. The molecule has 0 aliphatic carbocycles. The highest BCUT2D eigenvalue weighted by molar-refractivity contribution is 6.01. The molecule has 0 aliphatic rings. The summed E-state index contributed by atoms with van der Waals surface area (Å²) in [7, 11) is 1.31. The second-order valence-corrected chi connectivity index (χ2v) is 4.30. The van der Waals surface area contributed by atoms with Crippen molar-refractivity contribution in [1.29, 1.82) is 0 Å². The van der Waals surface area contributed by atoms with E-state index in [4.69, 9.17) is 5.73 Å². The van der Waals surface area contributed by atoms with Crippen molar-refractivity contribution in [3.05, 3.63) is 29.8 Å². The molecule has 0 bridgehead atoms. The lowest BCUT2D eigenvalue weighted by molar-refractivity contribution is -0.117. The van der Waals surface area contributed by atoms with Crippen LogP contribution in [0.15, 0.2) is 24.3 Å². The number of methoxy groups -OCH3 is 1. The van der Waals surface area contributed by atoms with Crippen LogP contribution in [0.4, 0.5) is 5.69 Å². The number of carbonyl (C=O) groups excluding carboxylic acids is 2. The third-order valence-electron chi connectivity index (χ3n) is 2.99. The van der Waals surface area contributed by atoms with Crippen LogP contribution >= 0.6 is 0 Å². The normalized spacial score (nSPS) is 11.7. The highest BCUT2D eigenvalue weighted by Gasteiger charge is 2.15. The SMILES string of the molecule is CCC(CN)CC(=O)Nc1ccccc1C(=O)OC. The lowest BCUT2D eigenvalue weighted by atomic mass is 10.0. The molecule has 1 aromatic carbocycles. The van der Waals surface area contributed by atoms with E-state index in [-0.39, 0.29) is 11.8 Å². The van der Waals surface area contributed by atoms with Gasteiger partial charge < -0.3 is 15.8 Å². The van der Waals surface area contributed by atoms with Crippen molar-refractivity contribution in [3.8, 4) is 0 Å². The van der Waals surface area contributed by atoms with Gasteiger partial charge in [-0.1, -0.05) is 25.5 Å². The lowest BCUT2D eigenvalue weighted by Gasteiger charge is -2.13. The van der Waals surface area contributed by atoms with E-state index in [1.165, 1.54) is 7.11 Å². The van der Waals surface area contributed by atoms with Crippen LogP contribution < -0.4 is 11.1 Å². The third-order valence-corrected chi connectivity index (χ3v) is 2.99. The molecule has 5 nitrogen and oxygen atoms in total. The van der Waals surface area contributed by atoms with E-state index in [0.29, 0.717) is 24.2 Å². The fourth-order valence-corrected chi connectivity index (χ4v) is 1.74. The van der Waals surface area contributed by atoms with Crippen LogP contribution in [0.2, 0.25) is 0 Å². The molecule has 0 heterocycles. The second-order valence-electron chi connectivity index (χ2n) is 4.30. The third kappa shape index (κ3) is 4.37. The second kappa shape index (κ2) is 7.53. The number of anilines is 1. The van der Waals surface area contributed by atoms with E-state index in [2.05, 4.69) is 10.1 Å². The van der Waals surface area contributed by atoms with Gasteiger partial charge in [-0.15, -0.1) is 0 Å². The smallest absolute Gasteiger partial charge is 0.339 e. The summed E-state index contributed by atoms with van der Waals surface area (Å²) in [5, 5.41) is 2.73. The molecule has 0 fully saturated rings. The van der Waals surface area contributed by atoms with E-state index >= 15 is 0 Å². The van der Waals surface area contributed by atoms with Crippen LogP contribution in [0, 0.1) is 5.92 Å². The van der Waals surface area contributed by atoms with E-state index in [1.807, 2.05) is 6.92 Å². The molecule has 104 valence electrons. The minimum atomic E-state index is -0.471. The van der Waals surface area contributed by atoms with Gasteiger partial charge in [0.25, 0.3) is 0 Å². The summed E-state index contributed by atoms with van der Waals surface area (Å²) in [6.07, 6.45) is 1.20. The fourth-order valence-electron chi connectivity index (χ4n) is 1.74. The summed E-state index contributed by atoms with van der Waals surface area (Å²) in [4.78, 5) is 23.4. The molecule has 19 heavy (non-hydrogen) atoms. The van der Waals surface area contributed by atoms with Gasteiger partial charge >= 0.3 is 5.97 Å². The van der Waals surface area contributed by atoms with Crippen molar-refractivity contribution < 1.29 is 14.3 Å². The zero-order valence-electron chi connectivity index (χ0n) is 11.3. The molecular formula is C14H20N2O3. The van der Waals surface area contributed by atoms with Crippen LogP contribution in [-0.4, -0.2) is 25.5 Å². The molecule has 0 saturated heterocycles. The minimum absolute atomic E-state index is 0.145. The Morgan fingerprint density at radius 2 is 2.05 bits per heavy atom. The first-order valence-electron chi connectivity index (χ1n) is 6.29. The number of para-hydroxylation sites is 1. The van der Waals surface area contributed by atoms with Crippen molar-refractivity contribution in [3.63, 3.8) is 0 Å². The maximum Gasteiger partial charge on any atom is 0.339 e. The van der Waals surface area contributed by atoms with Gasteiger partial charge in [-0.2, -0.15) is 0 Å². The van der Waals surface area contributed by atoms with E-state index in [0.717, 1.165) is 6.42 Å². The Balaban J connectivity index is 2.76. The first kappa shape index (κ1) is 15.2. The van der Waals surface area contributed by atoms with Crippen molar-refractivity contribution in [1.82, 2.24) is 0 Å². The Kier molecular flexibility index (Phi) is 6.02. The Bertz CT molecular complexity index is 442. The lowest BCUT2D eigenvalue weighted by Crippen LogP contribution is -2.22. The predicted octanol–water partition coefficient (Wildman–Crippen LogP) is 1.79. The monoisotopic (exact) mass is 264 g/mol. The zero-order chi connectivity index (χ0) is 14.3. The Morgan fingerprint density at radius 1 is 1.37 bits per heavy atom. The number of ether oxygens (including phenoxy) is 1. The summed E-state index contributed by atoms with van der Waals surface area (Å²) in [5.41, 5.74) is 6.38. The Morgan fingerprint density at radius 3 is 2.63 bits per heavy atom. The minimum Gasteiger partial charge on any atom is -0.465 e. The maximum absolute atomic E-state index is 11.9. The number of rotatable bonds is 6. The predicted molar refractivity (Wildman–Crippen MR) is 73.9 cm³/mol. The molecule has 5 heteroatoms. The molecule has 1 rings (SSSR count). The number of carbonyl (C=O) groups is 2. The Labute approximate surface area is 113 Å². The van der Waals surface area contributed by atoms with Gasteiger partial charge in [0, 0.05) is 6.42 Å². The van der Waals surface area contributed by atoms with E-state index < -0.39 is 5.97 Å². The molecule has 1 aromatic rings. The summed E-state index contributed by atoms with van der Waals surface area (Å²) < 4.78 is 4.67. The molecule has 1 unspecified atom stereocenters. The Hall–Kier alpha value is -1.88. The van der Waals surface area contributed by atoms with Crippen molar-refractivity contribution in [2.45, 2.75) is 19.8 Å². The van der Waals surface area contributed by atoms with Gasteiger partial charge in [0.05, 0.1) is 18.4 Å². The zero-order valence-corrected chi connectivity index (χ0v) is 11.3. The van der Waals surface area contributed by atoms with E-state index in [1.54, 1.807) is 24.3 Å². The average molecular weight is 264 g/mol. The molecular weight excluding hydrogens is 244 g/mol. The first-order chi connectivity index (χ1) is 9.12. The average Bonchev–Trinajstić information content (AvgIpc) is 2.44. The first-order valence-corrected chi connectivity index (χ1v) is 6.29. The molecule has 3 N–H and O–H groups in total. The number of esters is 1. The highest BCUT2D eigenvalue weighted by Crippen LogP contribution is 2.17. The van der Waals surface area contributed by atoms with Gasteiger partial charge in [0.1, 0.15) is 0 Å². The van der Waals surface area contributed by atoms with Gasteiger partial charge in [0.2, 0.25) is 5.91 Å². The molecule has 0 aliphatic heterocycles. The van der Waals surface area contributed by atoms with Gasteiger partial charge in [-0.25, -0.2) is 4.79 Å². The quantitative estimate of drug-likeness (QED) is 0.767. The summed E-state index contributed by atoms with van der Waals surface area (Å²) in [6, 6.07) is 6.76. The summed E-state index contributed by atoms with van der Waals surface area (Å²) in [5.74, 6) is -0.458. The molecule has 1 atom stereocenters. The van der Waals surface area contributed by atoms with Gasteiger partial charge in [-0.3, -0.25) is 4.79 Å². The number of nitrogens with two attached hydrogens (primary N) is 1. The number of benzene rings is 1. The molecule has 0 saturated carbocycles. The summed E-state index contributed by atoms with van der Waals surface area (Å²) in [6.45, 7) is 2.47. The van der Waals surface area contributed by atoms with Crippen molar-refractivity contribution in [2.75, 3.05) is 19.0 Å². The van der Waals surface area contributed by atoms with Crippen LogP contribution in [0.25, 0.3) is 0 Å². The van der Waals surface area contributed by atoms with Crippen LogP contribution in [-0.2, 0) is 9.53 Å². The fraction of sp³-hybridized carbons (Fsp3) is 0.429. The van der Waals surface area contributed by atoms with Crippen LogP contribution in [0.5, 0.6) is 0 Å².